The van der Waals surface area contributed by atoms with Gasteiger partial charge in [0, 0.05) is 6.42 Å². The lowest BCUT2D eigenvalue weighted by Gasteiger charge is -2.17. The van der Waals surface area contributed by atoms with Crippen LogP contribution in [0.1, 0.15) is 45.6 Å². The van der Waals surface area contributed by atoms with Crippen molar-refractivity contribution < 1.29 is 9.84 Å². The molecule has 0 fully saturated rings. The maximum Gasteiger partial charge on any atom is 0.119 e. The molecule has 0 aromatic heterocycles. The van der Waals surface area contributed by atoms with Crippen LogP contribution >= 0.6 is 0 Å². The van der Waals surface area contributed by atoms with Gasteiger partial charge in [-0.15, -0.1) is 0 Å². The van der Waals surface area contributed by atoms with Gasteiger partial charge in [-0.1, -0.05) is 25.5 Å². The SMILES string of the molecule is CCCCc1ccc(OCCC(C)(C)O)cc1. The number of ether oxygens (including phenoxy) is 1. The summed E-state index contributed by atoms with van der Waals surface area (Å²) in [5.41, 5.74) is 0.711. The highest BCUT2D eigenvalue weighted by Crippen LogP contribution is 2.15. The highest BCUT2D eigenvalue weighted by atomic mass is 16.5. The Hall–Kier alpha value is -1.02. The summed E-state index contributed by atoms with van der Waals surface area (Å²) in [6.45, 7) is 6.35. The monoisotopic (exact) mass is 236 g/mol. The summed E-state index contributed by atoms with van der Waals surface area (Å²) >= 11 is 0. The van der Waals surface area contributed by atoms with Gasteiger partial charge in [-0.3, -0.25) is 0 Å². The third kappa shape index (κ3) is 6.32. The lowest BCUT2D eigenvalue weighted by molar-refractivity contribution is 0.0553. The van der Waals surface area contributed by atoms with Gasteiger partial charge in [0.05, 0.1) is 12.2 Å². The first-order valence-electron chi connectivity index (χ1n) is 6.45. The molecule has 0 aliphatic rings. The molecule has 0 aliphatic carbocycles. The minimum absolute atomic E-state index is 0.553. The minimum Gasteiger partial charge on any atom is -0.493 e. The Morgan fingerprint density at radius 1 is 1.18 bits per heavy atom. The van der Waals surface area contributed by atoms with Crippen LogP contribution < -0.4 is 4.74 Å². The average molecular weight is 236 g/mol. The standard InChI is InChI=1S/C15H24O2/c1-4-5-6-13-7-9-14(10-8-13)17-12-11-15(2,3)16/h7-10,16H,4-6,11-12H2,1-3H3. The van der Waals surface area contributed by atoms with E-state index in [-0.39, 0.29) is 0 Å². The highest BCUT2D eigenvalue weighted by molar-refractivity contribution is 5.27. The van der Waals surface area contributed by atoms with E-state index in [1.165, 1.54) is 18.4 Å². The first kappa shape index (κ1) is 14.0. The molecule has 0 spiro atoms. The fraction of sp³-hybridized carbons (Fsp3) is 0.600. The second-order valence-corrected chi connectivity index (χ2v) is 5.16. The summed E-state index contributed by atoms with van der Waals surface area (Å²) in [5.74, 6) is 0.884. The van der Waals surface area contributed by atoms with Crippen LogP contribution in [0, 0.1) is 0 Å². The molecule has 0 aliphatic heterocycles. The molecule has 96 valence electrons. The summed E-state index contributed by atoms with van der Waals surface area (Å²) in [6.07, 6.45) is 4.24. The predicted octanol–water partition coefficient (Wildman–Crippen LogP) is 3.57. The lowest BCUT2D eigenvalue weighted by Crippen LogP contribution is -2.21. The molecular formula is C15H24O2. The zero-order valence-corrected chi connectivity index (χ0v) is 11.2. The number of hydrogen-bond acceptors (Lipinski definition) is 2. The fourth-order valence-corrected chi connectivity index (χ4v) is 1.55. The van der Waals surface area contributed by atoms with Crippen LogP contribution in [-0.2, 0) is 6.42 Å². The van der Waals surface area contributed by atoms with Crippen LogP contribution in [0.5, 0.6) is 5.75 Å². The van der Waals surface area contributed by atoms with Crippen LogP contribution in [0.15, 0.2) is 24.3 Å². The Morgan fingerprint density at radius 3 is 2.35 bits per heavy atom. The molecule has 0 atom stereocenters. The van der Waals surface area contributed by atoms with E-state index < -0.39 is 5.60 Å². The van der Waals surface area contributed by atoms with Crippen LogP contribution in [0.4, 0.5) is 0 Å². The molecule has 1 N–H and O–H groups in total. The number of aliphatic hydroxyl groups is 1. The number of hydrogen-bond donors (Lipinski definition) is 1. The lowest BCUT2D eigenvalue weighted by atomic mass is 10.1. The van der Waals surface area contributed by atoms with Crippen molar-refractivity contribution in [1.82, 2.24) is 0 Å². The Kier molecular flexibility index (Phi) is 5.49. The van der Waals surface area contributed by atoms with Crippen molar-refractivity contribution in [3.63, 3.8) is 0 Å². The van der Waals surface area contributed by atoms with Crippen LogP contribution in [0.2, 0.25) is 0 Å². The Morgan fingerprint density at radius 2 is 1.82 bits per heavy atom. The van der Waals surface area contributed by atoms with Crippen LogP contribution in [-0.4, -0.2) is 17.3 Å². The molecule has 0 saturated carbocycles. The van der Waals surface area contributed by atoms with Crippen molar-refractivity contribution in [3.05, 3.63) is 29.8 Å². The van der Waals surface area contributed by atoms with Gasteiger partial charge >= 0.3 is 0 Å². The van der Waals surface area contributed by atoms with Crippen molar-refractivity contribution in [1.29, 1.82) is 0 Å². The smallest absolute Gasteiger partial charge is 0.119 e. The molecule has 1 aromatic rings. The summed E-state index contributed by atoms with van der Waals surface area (Å²) in [5, 5.41) is 9.56. The molecule has 2 nitrogen and oxygen atoms in total. The number of unbranched alkanes of at least 4 members (excludes halogenated alkanes) is 1. The van der Waals surface area contributed by atoms with Gasteiger partial charge < -0.3 is 9.84 Å². The normalized spacial score (nSPS) is 11.5. The van der Waals surface area contributed by atoms with Crippen LogP contribution in [0.25, 0.3) is 0 Å². The third-order valence-electron chi connectivity index (χ3n) is 2.72. The second-order valence-electron chi connectivity index (χ2n) is 5.16. The van der Waals surface area contributed by atoms with Crippen molar-refractivity contribution in [2.24, 2.45) is 0 Å². The van der Waals surface area contributed by atoms with Gasteiger partial charge in [-0.05, 0) is 44.4 Å². The van der Waals surface area contributed by atoms with E-state index in [0.29, 0.717) is 13.0 Å². The number of aryl methyl sites for hydroxylation is 1. The van der Waals surface area contributed by atoms with E-state index >= 15 is 0 Å². The largest absolute Gasteiger partial charge is 0.493 e. The van der Waals surface area contributed by atoms with E-state index in [0.717, 1.165) is 12.2 Å². The topological polar surface area (TPSA) is 29.5 Å². The van der Waals surface area contributed by atoms with Crippen LogP contribution in [0.3, 0.4) is 0 Å². The Labute approximate surface area is 105 Å². The molecule has 0 heterocycles. The summed E-state index contributed by atoms with van der Waals surface area (Å²) in [4.78, 5) is 0. The maximum atomic E-state index is 9.56. The van der Waals surface area contributed by atoms with E-state index in [4.69, 9.17) is 4.74 Å². The van der Waals surface area contributed by atoms with Gasteiger partial charge in [0.25, 0.3) is 0 Å². The first-order valence-corrected chi connectivity index (χ1v) is 6.45. The van der Waals surface area contributed by atoms with E-state index in [9.17, 15) is 5.11 Å². The zero-order valence-electron chi connectivity index (χ0n) is 11.2. The number of benzene rings is 1. The second kappa shape index (κ2) is 6.65. The molecule has 2 heteroatoms. The Bertz CT molecular complexity index is 309. The fourth-order valence-electron chi connectivity index (χ4n) is 1.55. The molecule has 0 amide bonds. The van der Waals surface area contributed by atoms with Gasteiger partial charge in [-0.25, -0.2) is 0 Å². The molecule has 0 unspecified atom stereocenters. The molecule has 0 saturated heterocycles. The Balaban J connectivity index is 2.35. The van der Waals surface area contributed by atoms with Gasteiger partial charge in [0.1, 0.15) is 5.75 Å². The molecule has 0 bridgehead atoms. The minimum atomic E-state index is -0.652. The summed E-state index contributed by atoms with van der Waals surface area (Å²) in [6, 6.07) is 8.26. The molecule has 1 rings (SSSR count). The average Bonchev–Trinajstić information content (AvgIpc) is 2.26. The zero-order chi connectivity index (χ0) is 12.7. The molecule has 0 radical (unpaired) electrons. The quantitative estimate of drug-likeness (QED) is 0.784. The highest BCUT2D eigenvalue weighted by Gasteiger charge is 2.11. The maximum absolute atomic E-state index is 9.56. The molecule has 17 heavy (non-hydrogen) atoms. The van der Waals surface area contributed by atoms with Gasteiger partial charge in [0.15, 0.2) is 0 Å². The first-order chi connectivity index (χ1) is 8.01. The third-order valence-corrected chi connectivity index (χ3v) is 2.72. The summed E-state index contributed by atoms with van der Waals surface area (Å²) < 4.78 is 5.58. The van der Waals surface area contributed by atoms with E-state index in [1.54, 1.807) is 13.8 Å². The van der Waals surface area contributed by atoms with E-state index in [1.807, 2.05) is 12.1 Å². The van der Waals surface area contributed by atoms with E-state index in [2.05, 4.69) is 19.1 Å². The van der Waals surface area contributed by atoms with Crippen molar-refractivity contribution in [2.45, 2.75) is 52.1 Å². The van der Waals surface area contributed by atoms with Gasteiger partial charge in [0.2, 0.25) is 0 Å². The summed E-state index contributed by atoms with van der Waals surface area (Å²) in [7, 11) is 0. The predicted molar refractivity (Wildman–Crippen MR) is 71.5 cm³/mol. The van der Waals surface area contributed by atoms with Crippen molar-refractivity contribution in [3.8, 4) is 5.75 Å². The van der Waals surface area contributed by atoms with Crippen molar-refractivity contribution >= 4 is 0 Å². The molecular weight excluding hydrogens is 212 g/mol. The van der Waals surface area contributed by atoms with Gasteiger partial charge in [-0.2, -0.15) is 0 Å². The van der Waals surface area contributed by atoms with Crippen molar-refractivity contribution in [2.75, 3.05) is 6.61 Å². The number of rotatable bonds is 7. The molecule has 1 aromatic carbocycles.